The highest BCUT2D eigenvalue weighted by Gasteiger charge is 2.38. The molecule has 0 radical (unpaired) electrons. The van der Waals surface area contributed by atoms with Crippen LogP contribution in [0.4, 0.5) is 10.1 Å². The number of hydrogen-bond donors (Lipinski definition) is 1. The van der Waals surface area contributed by atoms with E-state index < -0.39 is 17.6 Å². The van der Waals surface area contributed by atoms with Gasteiger partial charge in [-0.05, 0) is 56.3 Å². The predicted molar refractivity (Wildman–Crippen MR) is 107 cm³/mol. The molecule has 3 amide bonds. The minimum atomic E-state index is -0.655. The molecule has 6 nitrogen and oxygen atoms in total. The Morgan fingerprint density at radius 2 is 1.69 bits per heavy atom. The number of likely N-dealkylation sites (tertiary alicyclic amines) is 1. The minimum absolute atomic E-state index is 0.0915. The monoisotopic (exact) mass is 395 g/mol. The van der Waals surface area contributed by atoms with E-state index in [1.54, 1.807) is 6.07 Å². The van der Waals surface area contributed by atoms with Gasteiger partial charge in [-0.15, -0.1) is 0 Å². The first-order valence-corrected chi connectivity index (χ1v) is 9.84. The normalized spacial score (nSPS) is 16.8. The number of benzene rings is 2. The molecule has 1 N–H and O–H groups in total. The summed E-state index contributed by atoms with van der Waals surface area (Å²) in [4.78, 5) is 41.0. The van der Waals surface area contributed by atoms with Crippen LogP contribution in [-0.4, -0.2) is 48.8 Å². The van der Waals surface area contributed by atoms with E-state index in [2.05, 4.69) is 10.2 Å². The zero-order valence-corrected chi connectivity index (χ0v) is 16.0. The number of anilines is 1. The fourth-order valence-corrected chi connectivity index (χ4v) is 3.85. The van der Waals surface area contributed by atoms with E-state index in [1.165, 1.54) is 55.7 Å². The first kappa shape index (κ1) is 19.3. The third-order valence-electron chi connectivity index (χ3n) is 5.40. The predicted octanol–water partition coefficient (Wildman–Crippen LogP) is 2.84. The average Bonchev–Trinajstić information content (AvgIpc) is 2.99. The van der Waals surface area contributed by atoms with Crippen LogP contribution >= 0.6 is 0 Å². The fraction of sp³-hybridized carbons (Fsp3) is 0.318. The summed E-state index contributed by atoms with van der Waals surface area (Å²) in [6, 6.07) is 10.0. The highest BCUT2D eigenvalue weighted by molar-refractivity contribution is 6.34. The second kappa shape index (κ2) is 8.13. The van der Waals surface area contributed by atoms with Gasteiger partial charge in [-0.3, -0.25) is 14.4 Å². The fourth-order valence-electron chi connectivity index (χ4n) is 3.85. The summed E-state index contributed by atoms with van der Waals surface area (Å²) in [6.07, 6.45) is 3.63. The van der Waals surface area contributed by atoms with Crippen LogP contribution in [-0.2, 0) is 0 Å². The Balaban J connectivity index is 1.47. The van der Waals surface area contributed by atoms with Gasteiger partial charge in [0.1, 0.15) is 5.82 Å². The van der Waals surface area contributed by atoms with E-state index in [0.29, 0.717) is 12.1 Å². The summed E-state index contributed by atoms with van der Waals surface area (Å²) < 4.78 is 14.1. The number of piperidine rings is 1. The Morgan fingerprint density at radius 3 is 2.45 bits per heavy atom. The zero-order valence-electron chi connectivity index (χ0n) is 16.0. The van der Waals surface area contributed by atoms with Crippen LogP contribution in [0.25, 0.3) is 0 Å². The van der Waals surface area contributed by atoms with Gasteiger partial charge < -0.3 is 10.2 Å². The number of halogens is 1. The van der Waals surface area contributed by atoms with Gasteiger partial charge in [0, 0.05) is 18.7 Å². The number of nitrogens with zero attached hydrogens (tertiary/aromatic N) is 2. The lowest BCUT2D eigenvalue weighted by Gasteiger charge is -2.26. The molecule has 0 unspecified atom stereocenters. The molecule has 0 bridgehead atoms. The van der Waals surface area contributed by atoms with Crippen molar-refractivity contribution in [2.24, 2.45) is 0 Å². The van der Waals surface area contributed by atoms with Crippen LogP contribution < -0.4 is 10.2 Å². The zero-order chi connectivity index (χ0) is 20.4. The van der Waals surface area contributed by atoms with Gasteiger partial charge in [-0.2, -0.15) is 0 Å². The van der Waals surface area contributed by atoms with Gasteiger partial charge >= 0.3 is 0 Å². The van der Waals surface area contributed by atoms with Crippen LogP contribution in [0.1, 0.15) is 50.3 Å². The number of fused-ring (bicyclic) bond motifs is 1. The molecule has 2 aliphatic heterocycles. The van der Waals surface area contributed by atoms with E-state index >= 15 is 0 Å². The van der Waals surface area contributed by atoms with Crippen molar-refractivity contribution in [3.8, 4) is 0 Å². The van der Waals surface area contributed by atoms with Crippen molar-refractivity contribution in [1.29, 1.82) is 0 Å². The summed E-state index contributed by atoms with van der Waals surface area (Å²) in [5, 5.41) is 2.87. The van der Waals surface area contributed by atoms with Crippen molar-refractivity contribution in [2.75, 3.05) is 31.1 Å². The molecule has 0 spiro atoms. The standard InChI is InChI=1S/C22H22FN3O3/c23-18-6-2-3-7-19(18)26-21(28)16-9-8-15(14-17(16)22(26)29)20(27)24-10-13-25-11-4-1-5-12-25/h2-3,6-9,14H,1,4-5,10-13H2,(H,24,27). The molecule has 1 fully saturated rings. The van der Waals surface area contributed by atoms with Crippen LogP contribution in [0.2, 0.25) is 0 Å². The van der Waals surface area contributed by atoms with E-state index in [-0.39, 0.29) is 22.7 Å². The van der Waals surface area contributed by atoms with E-state index in [0.717, 1.165) is 24.5 Å². The summed E-state index contributed by atoms with van der Waals surface area (Å²) in [7, 11) is 0. The molecule has 0 aromatic heterocycles. The molecule has 29 heavy (non-hydrogen) atoms. The highest BCUT2D eigenvalue weighted by atomic mass is 19.1. The molecule has 0 aliphatic carbocycles. The molecule has 0 atom stereocenters. The first-order valence-electron chi connectivity index (χ1n) is 9.84. The van der Waals surface area contributed by atoms with Gasteiger partial charge in [0.05, 0.1) is 16.8 Å². The van der Waals surface area contributed by atoms with Crippen LogP contribution in [0, 0.1) is 5.82 Å². The summed E-state index contributed by atoms with van der Waals surface area (Å²) in [6.45, 7) is 3.41. The van der Waals surface area contributed by atoms with Gasteiger partial charge in [0.2, 0.25) is 0 Å². The molecule has 2 heterocycles. The van der Waals surface area contributed by atoms with Gasteiger partial charge in [-0.25, -0.2) is 9.29 Å². The molecule has 0 saturated carbocycles. The number of carbonyl (C=O) groups excluding carboxylic acids is 3. The summed E-state index contributed by atoms with van der Waals surface area (Å²) in [5.74, 6) is -2.17. The molecule has 4 rings (SSSR count). The van der Waals surface area contributed by atoms with Gasteiger partial charge in [0.25, 0.3) is 17.7 Å². The number of amides is 3. The van der Waals surface area contributed by atoms with E-state index in [4.69, 9.17) is 0 Å². The Bertz CT molecular complexity index is 970. The lowest BCUT2D eigenvalue weighted by molar-refractivity contribution is 0.0922. The maximum Gasteiger partial charge on any atom is 0.266 e. The van der Waals surface area contributed by atoms with Crippen LogP contribution in [0.5, 0.6) is 0 Å². The molecule has 7 heteroatoms. The lowest BCUT2D eigenvalue weighted by atomic mass is 10.1. The van der Waals surface area contributed by atoms with Crippen molar-refractivity contribution in [3.05, 3.63) is 65.0 Å². The molecule has 1 saturated heterocycles. The number of hydrogen-bond acceptors (Lipinski definition) is 4. The highest BCUT2D eigenvalue weighted by Crippen LogP contribution is 2.30. The second-order valence-electron chi connectivity index (χ2n) is 7.32. The number of imide groups is 1. The summed E-state index contributed by atoms with van der Waals surface area (Å²) >= 11 is 0. The largest absolute Gasteiger partial charge is 0.351 e. The second-order valence-corrected chi connectivity index (χ2v) is 7.32. The van der Waals surface area contributed by atoms with E-state index in [1.807, 2.05) is 0 Å². The Morgan fingerprint density at radius 1 is 0.966 bits per heavy atom. The number of rotatable bonds is 5. The van der Waals surface area contributed by atoms with Crippen molar-refractivity contribution in [1.82, 2.24) is 10.2 Å². The smallest absolute Gasteiger partial charge is 0.266 e. The molecule has 2 aromatic carbocycles. The average molecular weight is 395 g/mol. The van der Waals surface area contributed by atoms with Crippen LogP contribution in [0.15, 0.2) is 42.5 Å². The maximum absolute atomic E-state index is 14.1. The molecular formula is C22H22FN3O3. The quantitative estimate of drug-likeness (QED) is 0.791. The Hall–Kier alpha value is -3.06. The summed E-state index contributed by atoms with van der Waals surface area (Å²) in [5.41, 5.74) is 0.496. The van der Waals surface area contributed by atoms with E-state index in [9.17, 15) is 18.8 Å². The number of nitrogens with one attached hydrogen (secondary N) is 1. The lowest BCUT2D eigenvalue weighted by Crippen LogP contribution is -2.37. The third kappa shape index (κ3) is 3.78. The Labute approximate surface area is 168 Å². The van der Waals surface area contributed by atoms with Crippen LogP contribution in [0.3, 0.4) is 0 Å². The molecule has 150 valence electrons. The Kier molecular flexibility index (Phi) is 5.40. The van der Waals surface area contributed by atoms with Crippen molar-refractivity contribution < 1.29 is 18.8 Å². The van der Waals surface area contributed by atoms with Crippen molar-refractivity contribution in [2.45, 2.75) is 19.3 Å². The maximum atomic E-state index is 14.1. The molecule has 2 aliphatic rings. The SMILES string of the molecule is O=C(NCCN1CCCCC1)c1ccc2c(c1)C(=O)N(c1ccccc1F)C2=O. The van der Waals surface area contributed by atoms with Crippen molar-refractivity contribution in [3.63, 3.8) is 0 Å². The third-order valence-corrected chi connectivity index (χ3v) is 5.40. The molecular weight excluding hydrogens is 373 g/mol. The van der Waals surface area contributed by atoms with Crippen molar-refractivity contribution >= 4 is 23.4 Å². The topological polar surface area (TPSA) is 69.7 Å². The number of para-hydroxylation sites is 1. The van der Waals surface area contributed by atoms with Gasteiger partial charge in [0.15, 0.2) is 0 Å². The molecule has 2 aromatic rings. The first-order chi connectivity index (χ1) is 14.1. The van der Waals surface area contributed by atoms with Gasteiger partial charge in [-0.1, -0.05) is 18.6 Å². The minimum Gasteiger partial charge on any atom is -0.351 e. The number of carbonyl (C=O) groups is 3.